The molecule has 4 rings (SSSR count). The number of ether oxygens (including phenoxy) is 1. The van der Waals surface area contributed by atoms with Crippen molar-refractivity contribution in [2.24, 2.45) is 0 Å². The number of non-ortho nitro benzene ring substituents is 1. The zero-order valence-corrected chi connectivity index (χ0v) is 18.9. The quantitative estimate of drug-likeness (QED) is 0.227. The molecule has 0 spiro atoms. The van der Waals surface area contributed by atoms with Crippen LogP contribution >= 0.6 is 11.8 Å². The number of imidazole rings is 1. The molecule has 3 aromatic carbocycles. The van der Waals surface area contributed by atoms with Gasteiger partial charge in [0.1, 0.15) is 5.75 Å². The van der Waals surface area contributed by atoms with Gasteiger partial charge in [-0.1, -0.05) is 54.2 Å². The van der Waals surface area contributed by atoms with Crippen molar-refractivity contribution in [3.8, 4) is 11.4 Å². The number of nitro benzene ring substituents is 1. The Hall–Kier alpha value is -3.85. The largest absolute Gasteiger partial charge is 0.495 e. The number of nitrogens with one attached hydrogen (secondary N) is 1. The molecule has 0 saturated carbocycles. The van der Waals surface area contributed by atoms with Crippen LogP contribution in [0, 0.1) is 10.1 Å². The van der Waals surface area contributed by atoms with Crippen molar-refractivity contribution in [3.05, 3.63) is 88.5 Å². The third-order valence-electron chi connectivity index (χ3n) is 5.15. The lowest BCUT2D eigenvalue weighted by atomic mass is 10.1. The predicted octanol–water partition coefficient (Wildman–Crippen LogP) is 4.91. The van der Waals surface area contributed by atoms with Crippen LogP contribution in [0.25, 0.3) is 16.7 Å². The Morgan fingerprint density at radius 1 is 1.15 bits per heavy atom. The van der Waals surface area contributed by atoms with Crippen LogP contribution in [-0.4, -0.2) is 33.2 Å². The molecule has 1 unspecified atom stereocenters. The van der Waals surface area contributed by atoms with Crippen molar-refractivity contribution in [3.63, 3.8) is 0 Å². The summed E-state index contributed by atoms with van der Waals surface area (Å²) in [6.07, 6.45) is 0. The third kappa shape index (κ3) is 4.83. The van der Waals surface area contributed by atoms with Gasteiger partial charge in [0.15, 0.2) is 5.16 Å². The molecule has 1 heterocycles. The van der Waals surface area contributed by atoms with Gasteiger partial charge in [-0.25, -0.2) is 4.98 Å². The molecule has 0 fully saturated rings. The van der Waals surface area contributed by atoms with Crippen LogP contribution in [0.5, 0.6) is 5.75 Å². The highest BCUT2D eigenvalue weighted by molar-refractivity contribution is 7.99. The average molecular weight is 463 g/mol. The van der Waals surface area contributed by atoms with E-state index < -0.39 is 4.92 Å². The maximum atomic E-state index is 12.6. The molecule has 0 aliphatic carbocycles. The molecule has 0 bridgehead atoms. The van der Waals surface area contributed by atoms with Crippen LogP contribution in [0.1, 0.15) is 18.5 Å². The Bertz CT molecular complexity index is 1310. The molecule has 1 amide bonds. The Labute approximate surface area is 194 Å². The number of methoxy groups -OCH3 is 1. The predicted molar refractivity (Wildman–Crippen MR) is 128 cm³/mol. The number of nitrogens with zero attached hydrogens (tertiary/aromatic N) is 3. The summed E-state index contributed by atoms with van der Waals surface area (Å²) in [5.41, 5.74) is 2.86. The first-order valence-corrected chi connectivity index (χ1v) is 11.2. The Morgan fingerprint density at radius 2 is 1.88 bits per heavy atom. The smallest absolute Gasteiger partial charge is 0.271 e. The minimum absolute atomic E-state index is 0.0434. The van der Waals surface area contributed by atoms with Gasteiger partial charge < -0.3 is 10.1 Å². The molecule has 0 saturated heterocycles. The van der Waals surface area contributed by atoms with E-state index in [0.717, 1.165) is 11.3 Å². The van der Waals surface area contributed by atoms with Crippen LogP contribution in [0.4, 0.5) is 5.69 Å². The standard InChI is InChI=1S/C24H22N4O4S/c1-16(17-8-4-3-5-9-17)25-23(29)15-33-24-26-19-14-18(28(30)31)12-13-20(19)27(24)21-10-6-7-11-22(21)32-2/h3-14,16H,15H2,1-2H3,(H,25,29). The van der Waals surface area contributed by atoms with Crippen LogP contribution in [0.15, 0.2) is 78.0 Å². The molecule has 1 aromatic heterocycles. The number of carbonyl (C=O) groups is 1. The number of carbonyl (C=O) groups excluding carboxylic acids is 1. The van der Waals surface area contributed by atoms with Crippen LogP contribution in [-0.2, 0) is 4.79 Å². The molecule has 1 atom stereocenters. The van der Waals surface area contributed by atoms with Crippen LogP contribution < -0.4 is 10.1 Å². The van der Waals surface area contributed by atoms with E-state index in [1.165, 1.54) is 23.9 Å². The molecule has 8 nitrogen and oxygen atoms in total. The lowest BCUT2D eigenvalue weighted by molar-refractivity contribution is -0.384. The summed E-state index contributed by atoms with van der Waals surface area (Å²) in [6.45, 7) is 1.93. The zero-order valence-electron chi connectivity index (χ0n) is 18.1. The number of aromatic nitrogens is 2. The van der Waals surface area contributed by atoms with Crippen molar-refractivity contribution < 1.29 is 14.5 Å². The van der Waals surface area contributed by atoms with Crippen molar-refractivity contribution in [2.45, 2.75) is 18.1 Å². The van der Waals surface area contributed by atoms with Crippen molar-refractivity contribution in [1.29, 1.82) is 0 Å². The summed E-state index contributed by atoms with van der Waals surface area (Å²) in [6, 6.07) is 21.6. The van der Waals surface area contributed by atoms with E-state index in [4.69, 9.17) is 4.74 Å². The second-order valence-electron chi connectivity index (χ2n) is 7.32. The Balaban J connectivity index is 1.64. The topological polar surface area (TPSA) is 99.3 Å². The van der Waals surface area contributed by atoms with E-state index >= 15 is 0 Å². The van der Waals surface area contributed by atoms with Gasteiger partial charge in [0, 0.05) is 12.1 Å². The lowest BCUT2D eigenvalue weighted by Crippen LogP contribution is -2.28. The first kappa shape index (κ1) is 22.3. The number of fused-ring (bicyclic) bond motifs is 1. The molecule has 0 aliphatic heterocycles. The van der Waals surface area contributed by atoms with Gasteiger partial charge in [0.05, 0.1) is 40.5 Å². The minimum Gasteiger partial charge on any atom is -0.495 e. The highest BCUT2D eigenvalue weighted by Gasteiger charge is 2.20. The fourth-order valence-corrected chi connectivity index (χ4v) is 4.37. The minimum atomic E-state index is -0.452. The Morgan fingerprint density at radius 3 is 2.61 bits per heavy atom. The molecule has 0 radical (unpaired) electrons. The molecule has 4 aromatic rings. The summed E-state index contributed by atoms with van der Waals surface area (Å²) in [5, 5.41) is 14.8. The highest BCUT2D eigenvalue weighted by atomic mass is 32.2. The molecule has 168 valence electrons. The van der Waals surface area contributed by atoms with Gasteiger partial charge in [0.2, 0.25) is 5.91 Å². The van der Waals surface area contributed by atoms with Gasteiger partial charge >= 0.3 is 0 Å². The Kier molecular flexibility index (Phi) is 6.60. The lowest BCUT2D eigenvalue weighted by Gasteiger charge is -2.15. The summed E-state index contributed by atoms with van der Waals surface area (Å²) in [4.78, 5) is 28.0. The number of rotatable bonds is 8. The monoisotopic (exact) mass is 462 g/mol. The van der Waals surface area contributed by atoms with Crippen LogP contribution in [0.2, 0.25) is 0 Å². The maximum Gasteiger partial charge on any atom is 0.271 e. The average Bonchev–Trinajstić information content (AvgIpc) is 3.20. The van der Waals surface area contributed by atoms with Gasteiger partial charge in [-0.2, -0.15) is 0 Å². The maximum absolute atomic E-state index is 12.6. The molecular formula is C24H22N4O4S. The van der Waals surface area contributed by atoms with E-state index in [-0.39, 0.29) is 23.4 Å². The van der Waals surface area contributed by atoms with Crippen molar-refractivity contribution in [2.75, 3.05) is 12.9 Å². The number of amides is 1. The number of nitro groups is 1. The number of benzene rings is 3. The molecule has 9 heteroatoms. The number of hydrogen-bond acceptors (Lipinski definition) is 6. The highest BCUT2D eigenvalue weighted by Crippen LogP contribution is 2.33. The summed E-state index contributed by atoms with van der Waals surface area (Å²) < 4.78 is 7.37. The van der Waals surface area contributed by atoms with Crippen LogP contribution in [0.3, 0.4) is 0 Å². The van der Waals surface area contributed by atoms with Gasteiger partial charge in [0.25, 0.3) is 5.69 Å². The second-order valence-corrected chi connectivity index (χ2v) is 8.26. The van der Waals surface area contributed by atoms with Gasteiger partial charge in [-0.15, -0.1) is 0 Å². The van der Waals surface area contributed by atoms with E-state index in [2.05, 4.69) is 10.3 Å². The van der Waals surface area contributed by atoms with E-state index in [0.29, 0.717) is 21.9 Å². The van der Waals surface area contributed by atoms with E-state index in [1.807, 2.05) is 66.1 Å². The fraction of sp³-hybridized carbons (Fsp3) is 0.167. The van der Waals surface area contributed by atoms with Gasteiger partial charge in [-0.05, 0) is 30.7 Å². The first-order chi connectivity index (χ1) is 16.0. The summed E-state index contributed by atoms with van der Waals surface area (Å²) in [5.74, 6) is 0.623. The number of hydrogen-bond donors (Lipinski definition) is 1. The molecule has 0 aliphatic rings. The van der Waals surface area contributed by atoms with E-state index in [9.17, 15) is 14.9 Å². The zero-order chi connectivity index (χ0) is 23.4. The van der Waals surface area contributed by atoms with E-state index in [1.54, 1.807) is 13.2 Å². The number of para-hydroxylation sites is 2. The van der Waals surface area contributed by atoms with Crippen molar-refractivity contribution >= 4 is 34.4 Å². The second kappa shape index (κ2) is 9.74. The molecular weight excluding hydrogens is 440 g/mol. The normalized spacial score (nSPS) is 11.8. The summed E-state index contributed by atoms with van der Waals surface area (Å²) >= 11 is 1.26. The number of thioether (sulfide) groups is 1. The van der Waals surface area contributed by atoms with Crippen molar-refractivity contribution in [1.82, 2.24) is 14.9 Å². The molecule has 1 N–H and O–H groups in total. The fourth-order valence-electron chi connectivity index (χ4n) is 3.54. The molecule has 33 heavy (non-hydrogen) atoms. The summed E-state index contributed by atoms with van der Waals surface area (Å²) in [7, 11) is 1.58. The third-order valence-corrected chi connectivity index (χ3v) is 6.09. The first-order valence-electron chi connectivity index (χ1n) is 10.3. The SMILES string of the molecule is COc1ccccc1-n1c(SCC(=O)NC(C)c2ccccc2)nc2cc([N+](=O)[O-])ccc21. The van der Waals surface area contributed by atoms with Gasteiger partial charge in [-0.3, -0.25) is 19.5 Å².